The molecular formula is C14H21NO. The molecule has 16 heavy (non-hydrogen) atoms. The van der Waals surface area contributed by atoms with E-state index in [2.05, 4.69) is 11.9 Å². The van der Waals surface area contributed by atoms with Gasteiger partial charge in [0.15, 0.2) is 0 Å². The van der Waals surface area contributed by atoms with Gasteiger partial charge < -0.3 is 0 Å². The zero-order valence-corrected chi connectivity index (χ0v) is 10.1. The van der Waals surface area contributed by atoms with E-state index in [-0.39, 0.29) is 0 Å². The fraction of sp³-hybridized carbons (Fsp3) is 0.571. The average Bonchev–Trinajstić information content (AvgIpc) is 2.33. The van der Waals surface area contributed by atoms with Crippen molar-refractivity contribution >= 4 is 5.78 Å². The van der Waals surface area contributed by atoms with Crippen LogP contribution in [0.25, 0.3) is 0 Å². The second-order valence-electron chi connectivity index (χ2n) is 4.21. The van der Waals surface area contributed by atoms with Gasteiger partial charge in [-0.1, -0.05) is 32.3 Å². The first-order valence-corrected chi connectivity index (χ1v) is 6.23. The molecule has 2 nitrogen and oxygen atoms in total. The van der Waals surface area contributed by atoms with Crippen LogP contribution in [0.5, 0.6) is 0 Å². The van der Waals surface area contributed by atoms with E-state index >= 15 is 0 Å². The van der Waals surface area contributed by atoms with Crippen molar-refractivity contribution in [2.45, 2.75) is 51.9 Å². The molecule has 0 saturated carbocycles. The molecule has 0 radical (unpaired) electrons. The average molecular weight is 219 g/mol. The Morgan fingerprint density at radius 3 is 2.81 bits per heavy atom. The van der Waals surface area contributed by atoms with Crippen LogP contribution in [0.1, 0.15) is 51.0 Å². The number of hydrogen-bond donors (Lipinski definition) is 0. The molecule has 88 valence electrons. The summed E-state index contributed by atoms with van der Waals surface area (Å²) in [7, 11) is 0. The number of carbonyl (C=O) groups is 1. The van der Waals surface area contributed by atoms with Crippen LogP contribution >= 0.6 is 0 Å². The summed E-state index contributed by atoms with van der Waals surface area (Å²) in [5.41, 5.74) is 1.16. The Balaban J connectivity index is 2.11. The first-order valence-electron chi connectivity index (χ1n) is 6.23. The molecule has 2 heteroatoms. The lowest BCUT2D eigenvalue weighted by Crippen LogP contribution is -2.00. The van der Waals surface area contributed by atoms with Gasteiger partial charge in [-0.3, -0.25) is 9.78 Å². The third-order valence-corrected chi connectivity index (χ3v) is 2.72. The Kier molecular flexibility index (Phi) is 6.47. The monoisotopic (exact) mass is 219 g/mol. The molecule has 1 aromatic heterocycles. The van der Waals surface area contributed by atoms with Crippen molar-refractivity contribution in [3.05, 3.63) is 30.1 Å². The molecule has 0 saturated heterocycles. The quantitative estimate of drug-likeness (QED) is 0.626. The third kappa shape index (κ3) is 5.64. The fourth-order valence-corrected chi connectivity index (χ4v) is 1.70. The second kappa shape index (κ2) is 8.03. The molecule has 0 N–H and O–H groups in total. The third-order valence-electron chi connectivity index (χ3n) is 2.72. The zero-order valence-electron chi connectivity index (χ0n) is 10.1. The highest BCUT2D eigenvalue weighted by Crippen LogP contribution is 2.07. The van der Waals surface area contributed by atoms with Gasteiger partial charge in [0.25, 0.3) is 0 Å². The minimum atomic E-state index is 0.389. The number of unbranched alkanes of at least 4 members (excludes halogenated alkanes) is 3. The topological polar surface area (TPSA) is 30.0 Å². The lowest BCUT2D eigenvalue weighted by molar-refractivity contribution is -0.119. The number of aryl methyl sites for hydroxylation is 1. The number of hydrogen-bond acceptors (Lipinski definition) is 2. The van der Waals surface area contributed by atoms with Crippen molar-refractivity contribution in [3.63, 3.8) is 0 Å². The van der Waals surface area contributed by atoms with Crippen LogP contribution in [-0.4, -0.2) is 10.8 Å². The van der Waals surface area contributed by atoms with Crippen LogP contribution in [0.3, 0.4) is 0 Å². The second-order valence-corrected chi connectivity index (χ2v) is 4.21. The van der Waals surface area contributed by atoms with Gasteiger partial charge in [-0.2, -0.15) is 0 Å². The zero-order chi connectivity index (χ0) is 11.6. The molecule has 0 atom stereocenters. The maximum Gasteiger partial charge on any atom is 0.133 e. The molecule has 0 bridgehead atoms. The van der Waals surface area contributed by atoms with Crippen molar-refractivity contribution < 1.29 is 4.79 Å². The number of rotatable bonds is 8. The maximum atomic E-state index is 11.6. The number of ketones is 1. The summed E-state index contributed by atoms with van der Waals surface area (Å²) in [6.45, 7) is 2.18. The van der Waals surface area contributed by atoms with Crippen molar-refractivity contribution in [1.82, 2.24) is 4.98 Å². The van der Waals surface area contributed by atoms with Crippen LogP contribution < -0.4 is 0 Å². The van der Waals surface area contributed by atoms with Gasteiger partial charge in [-0.05, 0) is 24.5 Å². The van der Waals surface area contributed by atoms with E-state index in [1.807, 2.05) is 18.3 Å². The van der Waals surface area contributed by atoms with E-state index in [0.717, 1.165) is 24.8 Å². The van der Waals surface area contributed by atoms with E-state index in [1.54, 1.807) is 6.20 Å². The molecule has 0 fully saturated rings. The largest absolute Gasteiger partial charge is 0.300 e. The van der Waals surface area contributed by atoms with E-state index < -0.39 is 0 Å². The van der Waals surface area contributed by atoms with Crippen LogP contribution in [0.2, 0.25) is 0 Å². The Labute approximate surface area is 98.1 Å². The summed E-state index contributed by atoms with van der Waals surface area (Å²) >= 11 is 0. The van der Waals surface area contributed by atoms with Crippen molar-refractivity contribution in [3.8, 4) is 0 Å². The summed E-state index contributed by atoms with van der Waals surface area (Å²) in [4.78, 5) is 15.6. The lowest BCUT2D eigenvalue weighted by Gasteiger charge is -2.01. The van der Waals surface area contributed by atoms with Gasteiger partial charge in [0, 0.05) is 25.2 Å². The normalized spacial score (nSPS) is 10.3. The molecule has 0 aromatic carbocycles. The maximum absolute atomic E-state index is 11.6. The Bertz CT molecular complexity index is 295. The molecule has 0 aliphatic heterocycles. The van der Waals surface area contributed by atoms with Crippen LogP contribution in [0.4, 0.5) is 0 Å². The number of aromatic nitrogens is 1. The van der Waals surface area contributed by atoms with E-state index in [9.17, 15) is 4.79 Å². The molecule has 0 amide bonds. The van der Waals surface area contributed by atoms with Crippen molar-refractivity contribution in [2.75, 3.05) is 0 Å². The highest BCUT2D eigenvalue weighted by molar-refractivity contribution is 5.78. The molecule has 1 aromatic rings. The van der Waals surface area contributed by atoms with Gasteiger partial charge in [-0.15, -0.1) is 0 Å². The predicted molar refractivity (Wildman–Crippen MR) is 66.3 cm³/mol. The molecule has 1 rings (SSSR count). The first kappa shape index (κ1) is 12.9. The molecule has 0 aliphatic carbocycles. The minimum absolute atomic E-state index is 0.389. The molecule has 1 heterocycles. The lowest BCUT2D eigenvalue weighted by atomic mass is 10.0. The van der Waals surface area contributed by atoms with Crippen LogP contribution in [0.15, 0.2) is 24.5 Å². The summed E-state index contributed by atoms with van der Waals surface area (Å²) in [5.74, 6) is 0.389. The number of Topliss-reactive ketones (excluding diaryl/α,β-unsaturated/α-hetero) is 1. The number of nitrogens with zero attached hydrogens (tertiary/aromatic N) is 1. The highest BCUT2D eigenvalue weighted by atomic mass is 16.1. The van der Waals surface area contributed by atoms with E-state index in [0.29, 0.717) is 12.2 Å². The predicted octanol–water partition coefficient (Wildman–Crippen LogP) is 3.55. The smallest absolute Gasteiger partial charge is 0.133 e. The fourth-order valence-electron chi connectivity index (χ4n) is 1.70. The SMILES string of the molecule is CCCCCCC(=O)CCc1cccnc1. The van der Waals surface area contributed by atoms with Crippen molar-refractivity contribution in [1.29, 1.82) is 0 Å². The minimum Gasteiger partial charge on any atom is -0.300 e. The molecule has 0 unspecified atom stereocenters. The molecule has 0 spiro atoms. The number of carbonyl (C=O) groups excluding carboxylic acids is 1. The first-order chi connectivity index (χ1) is 7.83. The van der Waals surface area contributed by atoms with Crippen molar-refractivity contribution in [2.24, 2.45) is 0 Å². The van der Waals surface area contributed by atoms with E-state index in [1.165, 1.54) is 19.3 Å². The Morgan fingerprint density at radius 1 is 1.25 bits per heavy atom. The summed E-state index contributed by atoms with van der Waals surface area (Å²) in [6.07, 6.45) is 10.6. The van der Waals surface area contributed by atoms with Crippen LogP contribution in [-0.2, 0) is 11.2 Å². The molecule has 0 aliphatic rings. The van der Waals surface area contributed by atoms with Gasteiger partial charge in [-0.25, -0.2) is 0 Å². The van der Waals surface area contributed by atoms with Gasteiger partial charge in [0.05, 0.1) is 0 Å². The van der Waals surface area contributed by atoms with E-state index in [4.69, 9.17) is 0 Å². The van der Waals surface area contributed by atoms with Gasteiger partial charge in [0.2, 0.25) is 0 Å². The Morgan fingerprint density at radius 2 is 2.12 bits per heavy atom. The number of pyridine rings is 1. The van der Waals surface area contributed by atoms with Gasteiger partial charge >= 0.3 is 0 Å². The summed E-state index contributed by atoms with van der Waals surface area (Å²) < 4.78 is 0. The van der Waals surface area contributed by atoms with Crippen LogP contribution in [0, 0.1) is 0 Å². The molecular weight excluding hydrogens is 198 g/mol. The Hall–Kier alpha value is -1.18. The van der Waals surface area contributed by atoms with Gasteiger partial charge in [0.1, 0.15) is 5.78 Å². The summed E-state index contributed by atoms with van der Waals surface area (Å²) in [6, 6.07) is 3.94. The standard InChI is InChI=1S/C14H21NO/c1-2-3-4-5-8-14(16)10-9-13-7-6-11-15-12-13/h6-7,11-12H,2-5,8-10H2,1H3. The highest BCUT2D eigenvalue weighted by Gasteiger charge is 2.02. The summed E-state index contributed by atoms with van der Waals surface area (Å²) in [5, 5.41) is 0.